The minimum absolute atomic E-state index is 0.0434. The van der Waals surface area contributed by atoms with Crippen LogP contribution in [0.3, 0.4) is 0 Å². The van der Waals surface area contributed by atoms with Crippen LogP contribution in [0.1, 0.15) is 30.6 Å². The van der Waals surface area contributed by atoms with Gasteiger partial charge >= 0.3 is 6.03 Å². The van der Waals surface area contributed by atoms with Crippen molar-refractivity contribution in [1.82, 2.24) is 15.5 Å². The number of amides is 3. The summed E-state index contributed by atoms with van der Waals surface area (Å²) < 4.78 is 0. The summed E-state index contributed by atoms with van der Waals surface area (Å²) in [6, 6.07) is 6.86. The third-order valence-corrected chi connectivity index (χ3v) is 3.44. The molecule has 0 unspecified atom stereocenters. The molecule has 0 atom stereocenters. The Balaban J connectivity index is 1.95. The standard InChI is InChI=1S/C16H24N4O2/c1-12(2)18-16(22)19-14-6-4-13(5-7-14)15(21)20-10-3-8-17-9-11-20/h4-7,12,17H,3,8-11H2,1-2H3,(H2,18,19,22). The van der Waals surface area contributed by atoms with E-state index in [9.17, 15) is 9.59 Å². The maximum Gasteiger partial charge on any atom is 0.319 e. The summed E-state index contributed by atoms with van der Waals surface area (Å²) in [4.78, 5) is 25.9. The minimum Gasteiger partial charge on any atom is -0.337 e. The Morgan fingerprint density at radius 2 is 1.86 bits per heavy atom. The van der Waals surface area contributed by atoms with Crippen LogP contribution in [0.2, 0.25) is 0 Å². The number of rotatable bonds is 3. The summed E-state index contributed by atoms with van der Waals surface area (Å²) >= 11 is 0. The molecule has 120 valence electrons. The van der Waals surface area contributed by atoms with Gasteiger partial charge in [-0.1, -0.05) is 0 Å². The lowest BCUT2D eigenvalue weighted by molar-refractivity contribution is 0.0766. The first-order chi connectivity index (χ1) is 10.6. The second kappa shape index (κ2) is 7.79. The smallest absolute Gasteiger partial charge is 0.319 e. The molecule has 1 aliphatic heterocycles. The number of carbonyl (C=O) groups is 2. The zero-order valence-corrected chi connectivity index (χ0v) is 13.2. The lowest BCUT2D eigenvalue weighted by Crippen LogP contribution is -2.34. The van der Waals surface area contributed by atoms with Gasteiger partial charge in [0.2, 0.25) is 0 Å². The van der Waals surface area contributed by atoms with E-state index in [0.29, 0.717) is 11.3 Å². The molecule has 22 heavy (non-hydrogen) atoms. The van der Waals surface area contributed by atoms with Gasteiger partial charge in [0, 0.05) is 36.9 Å². The van der Waals surface area contributed by atoms with E-state index in [2.05, 4.69) is 16.0 Å². The number of urea groups is 1. The maximum absolute atomic E-state index is 12.4. The number of nitrogens with one attached hydrogen (secondary N) is 3. The van der Waals surface area contributed by atoms with Gasteiger partial charge in [0.1, 0.15) is 0 Å². The first-order valence-corrected chi connectivity index (χ1v) is 7.74. The van der Waals surface area contributed by atoms with Gasteiger partial charge in [0.05, 0.1) is 0 Å². The Kier molecular flexibility index (Phi) is 5.77. The van der Waals surface area contributed by atoms with Crippen molar-refractivity contribution in [2.45, 2.75) is 26.3 Å². The molecule has 0 aliphatic carbocycles. The molecule has 0 bridgehead atoms. The van der Waals surface area contributed by atoms with Gasteiger partial charge in [-0.25, -0.2) is 4.79 Å². The average Bonchev–Trinajstić information content (AvgIpc) is 2.75. The number of benzene rings is 1. The van der Waals surface area contributed by atoms with Crippen LogP contribution in [0.4, 0.5) is 10.5 Å². The fourth-order valence-corrected chi connectivity index (χ4v) is 2.36. The first-order valence-electron chi connectivity index (χ1n) is 7.74. The second-order valence-corrected chi connectivity index (χ2v) is 5.73. The number of anilines is 1. The zero-order valence-electron chi connectivity index (χ0n) is 13.2. The monoisotopic (exact) mass is 304 g/mol. The number of hydrogen-bond donors (Lipinski definition) is 3. The summed E-state index contributed by atoms with van der Waals surface area (Å²) in [6.45, 7) is 7.10. The van der Waals surface area contributed by atoms with Crippen molar-refractivity contribution in [3.8, 4) is 0 Å². The highest BCUT2D eigenvalue weighted by atomic mass is 16.2. The van der Waals surface area contributed by atoms with E-state index >= 15 is 0 Å². The quantitative estimate of drug-likeness (QED) is 0.795. The van der Waals surface area contributed by atoms with E-state index in [1.54, 1.807) is 24.3 Å². The summed E-state index contributed by atoms with van der Waals surface area (Å²) in [5.41, 5.74) is 1.32. The second-order valence-electron chi connectivity index (χ2n) is 5.73. The Hall–Kier alpha value is -2.08. The number of nitrogens with zero attached hydrogens (tertiary/aromatic N) is 1. The Morgan fingerprint density at radius 3 is 2.55 bits per heavy atom. The highest BCUT2D eigenvalue weighted by Gasteiger charge is 2.16. The van der Waals surface area contributed by atoms with Gasteiger partial charge in [-0.05, 0) is 51.1 Å². The molecule has 3 amide bonds. The third kappa shape index (κ3) is 4.73. The molecule has 1 fully saturated rings. The van der Waals surface area contributed by atoms with E-state index in [1.165, 1.54) is 0 Å². The van der Waals surface area contributed by atoms with Crippen molar-refractivity contribution < 1.29 is 9.59 Å². The van der Waals surface area contributed by atoms with Gasteiger partial charge in [-0.3, -0.25) is 4.79 Å². The Morgan fingerprint density at radius 1 is 1.14 bits per heavy atom. The van der Waals surface area contributed by atoms with Crippen molar-refractivity contribution in [2.75, 3.05) is 31.5 Å². The van der Waals surface area contributed by atoms with Crippen molar-refractivity contribution in [3.63, 3.8) is 0 Å². The van der Waals surface area contributed by atoms with Crippen LogP contribution in [0.15, 0.2) is 24.3 Å². The van der Waals surface area contributed by atoms with Crippen LogP contribution in [-0.2, 0) is 0 Å². The normalized spacial score (nSPS) is 15.3. The molecule has 1 aromatic rings. The van der Waals surface area contributed by atoms with Crippen LogP contribution in [-0.4, -0.2) is 49.1 Å². The van der Waals surface area contributed by atoms with E-state index in [1.807, 2.05) is 18.7 Å². The predicted molar refractivity (Wildman–Crippen MR) is 87.1 cm³/mol. The van der Waals surface area contributed by atoms with Crippen molar-refractivity contribution >= 4 is 17.6 Å². The van der Waals surface area contributed by atoms with Gasteiger partial charge in [-0.15, -0.1) is 0 Å². The highest BCUT2D eigenvalue weighted by Crippen LogP contribution is 2.12. The topological polar surface area (TPSA) is 73.5 Å². The Bertz CT molecular complexity index is 505. The molecule has 6 nitrogen and oxygen atoms in total. The summed E-state index contributed by atoms with van der Waals surface area (Å²) in [5.74, 6) is 0.0434. The van der Waals surface area contributed by atoms with E-state index in [4.69, 9.17) is 0 Å². The van der Waals surface area contributed by atoms with Crippen molar-refractivity contribution in [1.29, 1.82) is 0 Å². The summed E-state index contributed by atoms with van der Waals surface area (Å²) in [7, 11) is 0. The minimum atomic E-state index is -0.243. The van der Waals surface area contributed by atoms with Crippen LogP contribution >= 0.6 is 0 Å². The van der Waals surface area contributed by atoms with Crippen molar-refractivity contribution in [3.05, 3.63) is 29.8 Å². The fraction of sp³-hybridized carbons (Fsp3) is 0.500. The SMILES string of the molecule is CC(C)NC(=O)Nc1ccc(C(=O)N2CCCNCC2)cc1. The molecule has 3 N–H and O–H groups in total. The molecule has 1 saturated heterocycles. The summed E-state index contributed by atoms with van der Waals surface area (Å²) in [6.07, 6.45) is 0.973. The van der Waals surface area contributed by atoms with Gasteiger partial charge in [0.25, 0.3) is 5.91 Å². The molecular formula is C16H24N4O2. The van der Waals surface area contributed by atoms with E-state index < -0.39 is 0 Å². The molecule has 0 aromatic heterocycles. The molecule has 6 heteroatoms. The summed E-state index contributed by atoms with van der Waals surface area (Å²) in [5, 5.41) is 8.78. The van der Waals surface area contributed by atoms with Gasteiger partial charge < -0.3 is 20.9 Å². The van der Waals surface area contributed by atoms with E-state index in [-0.39, 0.29) is 18.0 Å². The van der Waals surface area contributed by atoms with Crippen molar-refractivity contribution in [2.24, 2.45) is 0 Å². The third-order valence-electron chi connectivity index (χ3n) is 3.44. The van der Waals surface area contributed by atoms with Gasteiger partial charge in [0.15, 0.2) is 0 Å². The molecular weight excluding hydrogens is 280 g/mol. The largest absolute Gasteiger partial charge is 0.337 e. The van der Waals surface area contributed by atoms with Crippen LogP contribution in [0.25, 0.3) is 0 Å². The highest BCUT2D eigenvalue weighted by molar-refractivity contribution is 5.95. The molecule has 2 rings (SSSR count). The predicted octanol–water partition coefficient (Wildman–Crippen LogP) is 1.65. The number of hydrogen-bond acceptors (Lipinski definition) is 3. The molecule has 1 heterocycles. The van der Waals surface area contributed by atoms with Crippen LogP contribution in [0.5, 0.6) is 0 Å². The van der Waals surface area contributed by atoms with Crippen LogP contribution < -0.4 is 16.0 Å². The molecule has 0 saturated carbocycles. The fourth-order valence-electron chi connectivity index (χ4n) is 2.36. The molecule has 0 radical (unpaired) electrons. The maximum atomic E-state index is 12.4. The lowest BCUT2D eigenvalue weighted by Gasteiger charge is -2.20. The zero-order chi connectivity index (χ0) is 15.9. The molecule has 0 spiro atoms. The lowest BCUT2D eigenvalue weighted by atomic mass is 10.1. The van der Waals surface area contributed by atoms with Crippen LogP contribution in [0, 0.1) is 0 Å². The number of carbonyl (C=O) groups excluding carboxylic acids is 2. The first kappa shape index (κ1) is 16.3. The molecule has 1 aromatic carbocycles. The Labute approximate surface area is 131 Å². The van der Waals surface area contributed by atoms with E-state index in [0.717, 1.165) is 32.6 Å². The molecule has 1 aliphatic rings. The van der Waals surface area contributed by atoms with Gasteiger partial charge in [-0.2, -0.15) is 0 Å². The average molecular weight is 304 g/mol.